The van der Waals surface area contributed by atoms with Gasteiger partial charge in [-0.05, 0) is 12.8 Å². The molecule has 0 bridgehead atoms. The monoisotopic (exact) mass is 195 g/mol. The molecular formula is C12H21NO. The normalized spacial score (nSPS) is 19.2. The standard InChI is InChI=1S/C12H21NO/c13-10-8-6-4-2-1-3-5-7-9-12-11-14-12/h12H,1-9,11H2. The SMILES string of the molecule is N#CCCCCCCCCCC1CO1. The number of nitrogens with zero attached hydrogens (tertiary/aromatic N) is 1. The lowest BCUT2D eigenvalue weighted by atomic mass is 10.1. The average Bonchev–Trinajstić information content (AvgIpc) is 2.99. The average molecular weight is 195 g/mol. The Morgan fingerprint density at radius 2 is 1.57 bits per heavy atom. The minimum atomic E-state index is 0.616. The lowest BCUT2D eigenvalue weighted by molar-refractivity contribution is 0.387. The van der Waals surface area contributed by atoms with Crippen molar-refractivity contribution in [3.05, 3.63) is 0 Å². The van der Waals surface area contributed by atoms with E-state index >= 15 is 0 Å². The van der Waals surface area contributed by atoms with Gasteiger partial charge in [0.15, 0.2) is 0 Å². The summed E-state index contributed by atoms with van der Waals surface area (Å²) in [7, 11) is 0. The van der Waals surface area contributed by atoms with Crippen molar-refractivity contribution in [2.45, 2.75) is 63.9 Å². The van der Waals surface area contributed by atoms with E-state index in [0.717, 1.165) is 19.4 Å². The molecule has 1 aliphatic rings. The highest BCUT2D eigenvalue weighted by Crippen LogP contribution is 2.18. The van der Waals surface area contributed by atoms with Gasteiger partial charge in [-0.25, -0.2) is 0 Å². The van der Waals surface area contributed by atoms with Gasteiger partial charge in [0.2, 0.25) is 0 Å². The summed E-state index contributed by atoms with van der Waals surface area (Å²) in [6.45, 7) is 1.01. The fourth-order valence-corrected chi connectivity index (χ4v) is 1.69. The van der Waals surface area contributed by atoms with Gasteiger partial charge in [0.1, 0.15) is 0 Å². The third-order valence-electron chi connectivity index (χ3n) is 2.72. The number of nitriles is 1. The van der Waals surface area contributed by atoms with Gasteiger partial charge < -0.3 is 4.74 Å². The lowest BCUT2D eigenvalue weighted by Gasteiger charge is -1.99. The molecule has 14 heavy (non-hydrogen) atoms. The molecular weight excluding hydrogens is 174 g/mol. The molecule has 0 radical (unpaired) electrons. The van der Waals surface area contributed by atoms with Crippen LogP contribution >= 0.6 is 0 Å². The summed E-state index contributed by atoms with van der Waals surface area (Å²) < 4.78 is 5.15. The molecule has 0 N–H and O–H groups in total. The molecule has 0 aromatic carbocycles. The quantitative estimate of drug-likeness (QED) is 0.417. The van der Waals surface area contributed by atoms with Crippen LogP contribution in [0.2, 0.25) is 0 Å². The van der Waals surface area contributed by atoms with E-state index in [0.29, 0.717) is 6.10 Å². The van der Waals surface area contributed by atoms with Crippen LogP contribution in [0.3, 0.4) is 0 Å². The van der Waals surface area contributed by atoms with E-state index in [2.05, 4.69) is 6.07 Å². The van der Waals surface area contributed by atoms with Crippen LogP contribution in [-0.2, 0) is 4.74 Å². The Kier molecular flexibility index (Phi) is 6.43. The van der Waals surface area contributed by atoms with Gasteiger partial charge in [-0.3, -0.25) is 0 Å². The van der Waals surface area contributed by atoms with E-state index < -0.39 is 0 Å². The first-order valence-corrected chi connectivity index (χ1v) is 5.92. The van der Waals surface area contributed by atoms with Crippen LogP contribution in [-0.4, -0.2) is 12.7 Å². The summed E-state index contributed by atoms with van der Waals surface area (Å²) in [5.41, 5.74) is 0. The minimum Gasteiger partial charge on any atom is -0.373 e. The molecule has 1 fully saturated rings. The number of unbranched alkanes of at least 4 members (excludes halogenated alkanes) is 7. The molecule has 0 aromatic rings. The van der Waals surface area contributed by atoms with Gasteiger partial charge in [0.05, 0.1) is 18.8 Å². The second kappa shape index (κ2) is 7.82. The number of epoxide rings is 1. The Hall–Kier alpha value is -0.550. The maximum Gasteiger partial charge on any atom is 0.0810 e. The van der Waals surface area contributed by atoms with E-state index in [1.54, 1.807) is 0 Å². The van der Waals surface area contributed by atoms with Crippen LogP contribution in [0.1, 0.15) is 57.8 Å². The molecule has 1 saturated heterocycles. The van der Waals surface area contributed by atoms with Crippen LogP contribution in [0.5, 0.6) is 0 Å². The Bertz CT molecular complexity index is 170. The second-order valence-electron chi connectivity index (χ2n) is 4.13. The maximum atomic E-state index is 8.33. The molecule has 1 aliphatic heterocycles. The Morgan fingerprint density at radius 3 is 2.14 bits per heavy atom. The molecule has 0 amide bonds. The fourth-order valence-electron chi connectivity index (χ4n) is 1.69. The van der Waals surface area contributed by atoms with Crippen molar-refractivity contribution in [3.63, 3.8) is 0 Å². The van der Waals surface area contributed by atoms with Crippen LogP contribution in [0.4, 0.5) is 0 Å². The van der Waals surface area contributed by atoms with Crippen molar-refractivity contribution in [3.8, 4) is 6.07 Å². The molecule has 0 spiro atoms. The molecule has 0 aromatic heterocycles. The predicted molar refractivity (Wildman–Crippen MR) is 56.9 cm³/mol. The summed E-state index contributed by atoms with van der Waals surface area (Å²) in [5.74, 6) is 0. The van der Waals surface area contributed by atoms with Gasteiger partial charge in [0, 0.05) is 6.42 Å². The summed E-state index contributed by atoms with van der Waals surface area (Å²) in [5, 5.41) is 8.33. The van der Waals surface area contributed by atoms with E-state index in [9.17, 15) is 0 Å². The number of rotatable bonds is 9. The van der Waals surface area contributed by atoms with E-state index in [1.165, 1.54) is 44.9 Å². The number of ether oxygens (including phenoxy) is 1. The zero-order valence-corrected chi connectivity index (χ0v) is 9.00. The van der Waals surface area contributed by atoms with Gasteiger partial charge in [-0.15, -0.1) is 0 Å². The Morgan fingerprint density at radius 1 is 1.00 bits per heavy atom. The lowest BCUT2D eigenvalue weighted by Crippen LogP contribution is -1.85. The summed E-state index contributed by atoms with van der Waals surface area (Å²) in [6, 6.07) is 2.18. The second-order valence-corrected chi connectivity index (χ2v) is 4.13. The van der Waals surface area contributed by atoms with Crippen molar-refractivity contribution < 1.29 is 4.74 Å². The van der Waals surface area contributed by atoms with Gasteiger partial charge >= 0.3 is 0 Å². The van der Waals surface area contributed by atoms with E-state index in [1.807, 2.05) is 0 Å². The van der Waals surface area contributed by atoms with Gasteiger partial charge in [-0.2, -0.15) is 5.26 Å². The van der Waals surface area contributed by atoms with Gasteiger partial charge in [0.25, 0.3) is 0 Å². The molecule has 1 rings (SSSR count). The zero-order chi connectivity index (χ0) is 10.1. The highest BCUT2D eigenvalue weighted by Gasteiger charge is 2.20. The molecule has 0 saturated carbocycles. The first-order valence-electron chi connectivity index (χ1n) is 5.92. The van der Waals surface area contributed by atoms with Crippen LogP contribution in [0, 0.1) is 11.3 Å². The molecule has 2 nitrogen and oxygen atoms in total. The Labute approximate surface area is 87.3 Å². The number of hydrogen-bond acceptors (Lipinski definition) is 2. The zero-order valence-electron chi connectivity index (χ0n) is 9.00. The summed E-state index contributed by atoms with van der Waals surface area (Å²) in [6.07, 6.45) is 11.7. The van der Waals surface area contributed by atoms with Crippen molar-refractivity contribution in [1.82, 2.24) is 0 Å². The first-order chi connectivity index (χ1) is 6.93. The fraction of sp³-hybridized carbons (Fsp3) is 0.917. The van der Waals surface area contributed by atoms with Gasteiger partial charge in [-0.1, -0.05) is 38.5 Å². The molecule has 0 aliphatic carbocycles. The van der Waals surface area contributed by atoms with Crippen molar-refractivity contribution in [2.75, 3.05) is 6.61 Å². The maximum absolute atomic E-state index is 8.33. The third-order valence-corrected chi connectivity index (χ3v) is 2.72. The molecule has 80 valence electrons. The highest BCUT2D eigenvalue weighted by atomic mass is 16.6. The third kappa shape index (κ3) is 6.91. The predicted octanol–water partition coefficient (Wildman–Crippen LogP) is 3.42. The largest absolute Gasteiger partial charge is 0.373 e. The van der Waals surface area contributed by atoms with Crippen LogP contribution in [0.15, 0.2) is 0 Å². The van der Waals surface area contributed by atoms with Crippen LogP contribution in [0.25, 0.3) is 0 Å². The number of hydrogen-bond donors (Lipinski definition) is 0. The van der Waals surface area contributed by atoms with Crippen molar-refractivity contribution >= 4 is 0 Å². The molecule has 1 heterocycles. The van der Waals surface area contributed by atoms with Crippen LogP contribution < -0.4 is 0 Å². The first kappa shape index (κ1) is 11.5. The van der Waals surface area contributed by atoms with Crippen molar-refractivity contribution in [1.29, 1.82) is 5.26 Å². The Balaban J connectivity index is 1.65. The van der Waals surface area contributed by atoms with E-state index in [4.69, 9.17) is 10.00 Å². The molecule has 1 atom stereocenters. The smallest absolute Gasteiger partial charge is 0.0810 e. The van der Waals surface area contributed by atoms with E-state index in [-0.39, 0.29) is 0 Å². The summed E-state index contributed by atoms with van der Waals surface area (Å²) in [4.78, 5) is 0. The summed E-state index contributed by atoms with van der Waals surface area (Å²) >= 11 is 0. The molecule has 1 unspecified atom stereocenters. The highest BCUT2D eigenvalue weighted by molar-refractivity contribution is 4.68. The van der Waals surface area contributed by atoms with Crippen molar-refractivity contribution in [2.24, 2.45) is 0 Å². The topological polar surface area (TPSA) is 36.3 Å². The minimum absolute atomic E-state index is 0.616. The molecule has 2 heteroatoms.